The van der Waals surface area contributed by atoms with E-state index in [2.05, 4.69) is 21.2 Å². The SMILES string of the molecule is Fc1ccc(Br)cc1OCCCNc1ccccc1. The molecule has 2 rings (SSSR count). The smallest absolute Gasteiger partial charge is 0.165 e. The molecule has 0 saturated carbocycles. The van der Waals surface area contributed by atoms with Gasteiger partial charge in [-0.2, -0.15) is 0 Å². The molecule has 0 aliphatic carbocycles. The zero-order valence-electron chi connectivity index (χ0n) is 10.4. The van der Waals surface area contributed by atoms with E-state index in [0.717, 1.165) is 23.1 Å². The molecule has 0 aliphatic heterocycles. The van der Waals surface area contributed by atoms with E-state index >= 15 is 0 Å². The van der Waals surface area contributed by atoms with E-state index in [4.69, 9.17) is 4.74 Å². The lowest BCUT2D eigenvalue weighted by Crippen LogP contribution is -2.07. The van der Waals surface area contributed by atoms with Gasteiger partial charge in [-0.15, -0.1) is 0 Å². The molecule has 0 atom stereocenters. The van der Waals surface area contributed by atoms with E-state index in [1.165, 1.54) is 6.07 Å². The van der Waals surface area contributed by atoms with Gasteiger partial charge in [-0.05, 0) is 36.8 Å². The molecule has 2 aromatic rings. The number of halogens is 2. The molecule has 0 unspecified atom stereocenters. The Labute approximate surface area is 120 Å². The van der Waals surface area contributed by atoms with Crippen molar-refractivity contribution >= 4 is 21.6 Å². The third-order valence-corrected chi connectivity index (χ3v) is 3.07. The molecule has 0 radical (unpaired) electrons. The number of para-hydroxylation sites is 1. The Morgan fingerprint density at radius 2 is 1.89 bits per heavy atom. The lowest BCUT2D eigenvalue weighted by molar-refractivity contribution is 0.299. The monoisotopic (exact) mass is 323 g/mol. The Kier molecular flexibility index (Phi) is 5.21. The Bertz CT molecular complexity index is 519. The molecule has 0 amide bonds. The van der Waals surface area contributed by atoms with Gasteiger partial charge in [0.1, 0.15) is 0 Å². The van der Waals surface area contributed by atoms with Gasteiger partial charge in [0.15, 0.2) is 11.6 Å². The van der Waals surface area contributed by atoms with Crippen molar-refractivity contribution in [3.8, 4) is 5.75 Å². The van der Waals surface area contributed by atoms with Crippen LogP contribution in [0.1, 0.15) is 6.42 Å². The van der Waals surface area contributed by atoms with Gasteiger partial charge in [0, 0.05) is 16.7 Å². The van der Waals surface area contributed by atoms with Crippen molar-refractivity contribution < 1.29 is 9.13 Å². The molecule has 0 aromatic heterocycles. The Balaban J connectivity index is 1.71. The minimum Gasteiger partial charge on any atom is -0.490 e. The largest absolute Gasteiger partial charge is 0.490 e. The molecule has 0 spiro atoms. The van der Waals surface area contributed by atoms with Gasteiger partial charge in [-0.1, -0.05) is 34.1 Å². The first kappa shape index (κ1) is 13.9. The first-order chi connectivity index (χ1) is 9.25. The summed E-state index contributed by atoms with van der Waals surface area (Å²) in [6.45, 7) is 1.27. The fourth-order valence-electron chi connectivity index (χ4n) is 1.63. The number of anilines is 1. The maximum absolute atomic E-state index is 13.4. The second-order valence-corrected chi connectivity index (χ2v) is 4.99. The van der Waals surface area contributed by atoms with Crippen LogP contribution < -0.4 is 10.1 Å². The molecule has 0 saturated heterocycles. The highest BCUT2D eigenvalue weighted by Crippen LogP contribution is 2.22. The van der Waals surface area contributed by atoms with Crippen LogP contribution in [0.2, 0.25) is 0 Å². The molecule has 4 heteroatoms. The molecule has 2 nitrogen and oxygen atoms in total. The zero-order valence-corrected chi connectivity index (χ0v) is 12.0. The number of hydrogen-bond acceptors (Lipinski definition) is 2. The second kappa shape index (κ2) is 7.14. The van der Waals surface area contributed by atoms with Crippen LogP contribution in [0.5, 0.6) is 5.75 Å². The predicted molar refractivity (Wildman–Crippen MR) is 79.1 cm³/mol. The molecular weight excluding hydrogens is 309 g/mol. The summed E-state index contributed by atoms with van der Waals surface area (Å²) in [5.41, 5.74) is 1.08. The molecule has 0 fully saturated rings. The molecule has 1 N–H and O–H groups in total. The van der Waals surface area contributed by atoms with Crippen LogP contribution in [-0.4, -0.2) is 13.2 Å². The van der Waals surface area contributed by atoms with Gasteiger partial charge in [0.05, 0.1) is 6.61 Å². The third kappa shape index (κ3) is 4.56. The van der Waals surface area contributed by atoms with Gasteiger partial charge in [0.2, 0.25) is 0 Å². The second-order valence-electron chi connectivity index (χ2n) is 4.07. The van der Waals surface area contributed by atoms with Crippen LogP contribution in [0.4, 0.5) is 10.1 Å². The Morgan fingerprint density at radius 1 is 1.11 bits per heavy atom. The highest BCUT2D eigenvalue weighted by atomic mass is 79.9. The van der Waals surface area contributed by atoms with Gasteiger partial charge < -0.3 is 10.1 Å². The maximum atomic E-state index is 13.4. The van der Waals surface area contributed by atoms with E-state index < -0.39 is 0 Å². The number of nitrogens with one attached hydrogen (secondary N) is 1. The highest BCUT2D eigenvalue weighted by molar-refractivity contribution is 9.10. The standard InChI is InChI=1S/C15H15BrFNO/c16-12-7-8-14(17)15(11-12)19-10-4-9-18-13-5-2-1-3-6-13/h1-3,5-8,11,18H,4,9-10H2. The van der Waals surface area contributed by atoms with Crippen LogP contribution in [0.3, 0.4) is 0 Å². The van der Waals surface area contributed by atoms with Crippen LogP contribution in [-0.2, 0) is 0 Å². The van der Waals surface area contributed by atoms with Crippen molar-refractivity contribution in [3.63, 3.8) is 0 Å². The van der Waals surface area contributed by atoms with E-state index in [9.17, 15) is 4.39 Å². The lowest BCUT2D eigenvalue weighted by Gasteiger charge is -2.09. The normalized spacial score (nSPS) is 10.2. The molecule has 0 bridgehead atoms. The number of ether oxygens (including phenoxy) is 1. The summed E-state index contributed by atoms with van der Waals surface area (Å²) >= 11 is 3.29. The summed E-state index contributed by atoms with van der Waals surface area (Å²) in [5.74, 6) is -0.0479. The summed E-state index contributed by atoms with van der Waals surface area (Å²) < 4.78 is 19.6. The fraction of sp³-hybridized carbons (Fsp3) is 0.200. The predicted octanol–water partition coefficient (Wildman–Crippen LogP) is 4.47. The number of benzene rings is 2. The van der Waals surface area contributed by atoms with Crippen molar-refractivity contribution in [1.29, 1.82) is 0 Å². The molecule has 0 aliphatic rings. The first-order valence-corrected chi connectivity index (χ1v) is 6.92. The number of hydrogen-bond donors (Lipinski definition) is 1. The lowest BCUT2D eigenvalue weighted by atomic mass is 10.3. The fourth-order valence-corrected chi connectivity index (χ4v) is 1.97. The highest BCUT2D eigenvalue weighted by Gasteiger charge is 2.03. The van der Waals surface area contributed by atoms with E-state index in [1.54, 1.807) is 12.1 Å². The molecular formula is C15H15BrFNO. The summed E-state index contributed by atoms with van der Waals surface area (Å²) in [5, 5.41) is 3.27. The zero-order chi connectivity index (χ0) is 13.5. The molecule has 0 heterocycles. The first-order valence-electron chi connectivity index (χ1n) is 6.12. The van der Waals surface area contributed by atoms with Crippen LogP contribution in [0, 0.1) is 5.82 Å². The van der Waals surface area contributed by atoms with E-state index in [0.29, 0.717) is 6.61 Å². The van der Waals surface area contributed by atoms with E-state index in [1.807, 2.05) is 30.3 Å². The van der Waals surface area contributed by atoms with Gasteiger partial charge in [-0.25, -0.2) is 4.39 Å². The van der Waals surface area contributed by atoms with Crippen LogP contribution >= 0.6 is 15.9 Å². The summed E-state index contributed by atoms with van der Waals surface area (Å²) in [6.07, 6.45) is 0.806. The van der Waals surface area contributed by atoms with Crippen molar-refractivity contribution in [2.75, 3.05) is 18.5 Å². The van der Waals surface area contributed by atoms with Crippen LogP contribution in [0.15, 0.2) is 53.0 Å². The van der Waals surface area contributed by atoms with Gasteiger partial charge in [0.25, 0.3) is 0 Å². The van der Waals surface area contributed by atoms with Gasteiger partial charge >= 0.3 is 0 Å². The van der Waals surface area contributed by atoms with E-state index in [-0.39, 0.29) is 11.6 Å². The van der Waals surface area contributed by atoms with Gasteiger partial charge in [-0.3, -0.25) is 0 Å². The van der Waals surface area contributed by atoms with Crippen molar-refractivity contribution in [2.45, 2.75) is 6.42 Å². The maximum Gasteiger partial charge on any atom is 0.165 e. The Hall–Kier alpha value is -1.55. The molecule has 19 heavy (non-hydrogen) atoms. The molecule has 100 valence electrons. The third-order valence-electron chi connectivity index (χ3n) is 2.57. The number of rotatable bonds is 6. The minimum absolute atomic E-state index is 0.286. The van der Waals surface area contributed by atoms with Crippen molar-refractivity contribution in [1.82, 2.24) is 0 Å². The van der Waals surface area contributed by atoms with Crippen molar-refractivity contribution in [2.24, 2.45) is 0 Å². The topological polar surface area (TPSA) is 21.3 Å². The quantitative estimate of drug-likeness (QED) is 0.792. The Morgan fingerprint density at radius 3 is 2.68 bits per heavy atom. The summed E-state index contributed by atoms with van der Waals surface area (Å²) in [7, 11) is 0. The minimum atomic E-state index is -0.334. The average molecular weight is 324 g/mol. The van der Waals surface area contributed by atoms with Crippen LogP contribution in [0.25, 0.3) is 0 Å². The summed E-state index contributed by atoms with van der Waals surface area (Å²) in [6, 6.07) is 14.6. The van der Waals surface area contributed by atoms with Crippen molar-refractivity contribution in [3.05, 3.63) is 58.8 Å². The summed E-state index contributed by atoms with van der Waals surface area (Å²) in [4.78, 5) is 0. The average Bonchev–Trinajstić information content (AvgIpc) is 2.43. The molecule has 2 aromatic carbocycles.